The van der Waals surface area contributed by atoms with Gasteiger partial charge in [0.25, 0.3) is 0 Å². The molecule has 1 N–H and O–H groups in total. The molecule has 4 rings (SSSR count). The molecule has 0 aromatic heterocycles. The number of hydrogen-bond donors (Lipinski definition) is 1. The van der Waals surface area contributed by atoms with Gasteiger partial charge in [-0.1, -0.05) is 102 Å². The van der Waals surface area contributed by atoms with Crippen LogP contribution in [-0.4, -0.2) is 42.2 Å². The topological polar surface area (TPSA) is 86.8 Å². The molecular formula is C32H30Cl2FN3O4S. The number of carbonyl (C=O) groups excluding carboxylic acids is 2. The van der Waals surface area contributed by atoms with Crippen molar-refractivity contribution < 1.29 is 22.4 Å². The van der Waals surface area contributed by atoms with Gasteiger partial charge in [-0.15, -0.1) is 0 Å². The van der Waals surface area contributed by atoms with E-state index in [-0.39, 0.29) is 19.6 Å². The Kier molecular flexibility index (Phi) is 10.9. The van der Waals surface area contributed by atoms with Crippen LogP contribution in [0.15, 0.2) is 103 Å². The van der Waals surface area contributed by atoms with Crippen LogP contribution < -0.4 is 5.32 Å². The Balaban J connectivity index is 1.70. The van der Waals surface area contributed by atoms with Crippen LogP contribution in [0.2, 0.25) is 10.0 Å². The van der Waals surface area contributed by atoms with Crippen LogP contribution in [-0.2, 0) is 39.2 Å². The summed E-state index contributed by atoms with van der Waals surface area (Å²) in [4.78, 5) is 29.3. The fourth-order valence-electron chi connectivity index (χ4n) is 4.48. The van der Waals surface area contributed by atoms with E-state index in [1.54, 1.807) is 72.8 Å². The number of benzene rings is 4. The van der Waals surface area contributed by atoms with Gasteiger partial charge < -0.3 is 10.2 Å². The van der Waals surface area contributed by atoms with E-state index in [1.807, 2.05) is 6.07 Å². The van der Waals surface area contributed by atoms with Gasteiger partial charge in [-0.2, -0.15) is 4.31 Å². The maximum atomic E-state index is 14.1. The molecule has 0 saturated heterocycles. The van der Waals surface area contributed by atoms with Crippen molar-refractivity contribution in [3.63, 3.8) is 0 Å². The summed E-state index contributed by atoms with van der Waals surface area (Å²) in [6.07, 6.45) is 1.03. The normalized spacial score (nSPS) is 12.1. The van der Waals surface area contributed by atoms with Gasteiger partial charge in [-0.3, -0.25) is 9.59 Å². The van der Waals surface area contributed by atoms with Crippen molar-refractivity contribution in [3.8, 4) is 0 Å². The van der Waals surface area contributed by atoms with Gasteiger partial charge in [0.05, 0.1) is 12.8 Å². The van der Waals surface area contributed by atoms with Crippen molar-refractivity contribution in [1.29, 1.82) is 0 Å². The number of carbonyl (C=O) groups is 2. The third-order valence-electron chi connectivity index (χ3n) is 6.71. The molecule has 0 aliphatic carbocycles. The van der Waals surface area contributed by atoms with Crippen molar-refractivity contribution >= 4 is 45.0 Å². The first kappa shape index (κ1) is 32.2. The third kappa shape index (κ3) is 9.11. The number of sulfonamides is 1. The lowest BCUT2D eigenvalue weighted by Crippen LogP contribution is -2.47. The first-order valence-corrected chi connectivity index (χ1v) is 15.9. The number of nitrogens with one attached hydrogen (secondary N) is 1. The zero-order valence-electron chi connectivity index (χ0n) is 23.3. The average molecular weight is 643 g/mol. The highest BCUT2D eigenvalue weighted by molar-refractivity contribution is 7.88. The first-order valence-electron chi connectivity index (χ1n) is 13.3. The Hall–Kier alpha value is -3.76. The molecular weight excluding hydrogens is 612 g/mol. The van der Waals surface area contributed by atoms with Gasteiger partial charge in [0.15, 0.2) is 0 Å². The van der Waals surface area contributed by atoms with E-state index < -0.39 is 40.2 Å². The fraction of sp³-hybridized carbons (Fsp3) is 0.188. The summed E-state index contributed by atoms with van der Waals surface area (Å²) in [5.41, 5.74) is 2.38. The third-order valence-corrected chi connectivity index (χ3v) is 8.50. The second-order valence-corrected chi connectivity index (χ2v) is 12.8. The zero-order valence-corrected chi connectivity index (χ0v) is 25.6. The molecule has 2 amide bonds. The van der Waals surface area contributed by atoms with Crippen LogP contribution in [0.3, 0.4) is 0 Å². The summed E-state index contributed by atoms with van der Waals surface area (Å²) in [7, 11) is -3.83. The van der Waals surface area contributed by atoms with Gasteiger partial charge in [-0.25, -0.2) is 12.8 Å². The summed E-state index contributed by atoms with van der Waals surface area (Å²) >= 11 is 12.3. The Morgan fingerprint density at radius 2 is 1.44 bits per heavy atom. The lowest BCUT2D eigenvalue weighted by molar-refractivity contribution is -0.141. The molecule has 7 nitrogen and oxygen atoms in total. The maximum absolute atomic E-state index is 14.1. The molecule has 4 aromatic carbocycles. The summed E-state index contributed by atoms with van der Waals surface area (Å²) in [5.74, 6) is -1.58. The number of hydrogen-bond acceptors (Lipinski definition) is 4. The SMILES string of the molecule is CS(=O)(=O)N(CC(=O)N(Cc1ccc(F)cc1)[C@H](C(=O)NCc1ccc(Cl)cc1Cl)c1ccccc1)Cc1ccccc1. The molecule has 0 unspecified atom stereocenters. The van der Waals surface area contributed by atoms with E-state index in [1.165, 1.54) is 29.2 Å². The van der Waals surface area contributed by atoms with E-state index in [4.69, 9.17) is 23.2 Å². The number of amides is 2. The minimum Gasteiger partial charge on any atom is -0.350 e. The quantitative estimate of drug-likeness (QED) is 0.206. The van der Waals surface area contributed by atoms with Crippen LogP contribution >= 0.6 is 23.2 Å². The van der Waals surface area contributed by atoms with Crippen LogP contribution in [0, 0.1) is 5.82 Å². The van der Waals surface area contributed by atoms with E-state index in [0.29, 0.717) is 32.3 Å². The number of rotatable bonds is 12. The average Bonchev–Trinajstić information content (AvgIpc) is 2.97. The predicted octanol–water partition coefficient (Wildman–Crippen LogP) is 5.98. The monoisotopic (exact) mass is 641 g/mol. The first-order chi connectivity index (χ1) is 20.5. The second kappa shape index (κ2) is 14.6. The van der Waals surface area contributed by atoms with Crippen LogP contribution in [0.4, 0.5) is 4.39 Å². The van der Waals surface area contributed by atoms with Gasteiger partial charge in [0.2, 0.25) is 21.8 Å². The van der Waals surface area contributed by atoms with E-state index in [2.05, 4.69) is 5.32 Å². The van der Waals surface area contributed by atoms with Gasteiger partial charge >= 0.3 is 0 Å². The summed E-state index contributed by atoms with van der Waals surface area (Å²) in [6, 6.07) is 26.9. The highest BCUT2D eigenvalue weighted by Gasteiger charge is 2.33. The number of nitrogens with zero attached hydrogens (tertiary/aromatic N) is 2. The van der Waals surface area contributed by atoms with Crippen molar-refractivity contribution in [2.24, 2.45) is 0 Å². The van der Waals surface area contributed by atoms with Crippen molar-refractivity contribution in [2.75, 3.05) is 12.8 Å². The minimum absolute atomic E-state index is 0.0347. The summed E-state index contributed by atoms with van der Waals surface area (Å²) in [6.45, 7) is -0.585. The molecule has 4 aromatic rings. The molecule has 43 heavy (non-hydrogen) atoms. The molecule has 0 spiro atoms. The Labute approximate surface area is 260 Å². The van der Waals surface area contributed by atoms with Crippen molar-refractivity contribution in [2.45, 2.75) is 25.7 Å². The van der Waals surface area contributed by atoms with Gasteiger partial charge in [0, 0.05) is 29.7 Å². The number of halogens is 3. The fourth-order valence-corrected chi connectivity index (χ4v) is 5.69. The molecule has 0 aliphatic heterocycles. The van der Waals surface area contributed by atoms with Gasteiger partial charge in [0.1, 0.15) is 11.9 Å². The minimum atomic E-state index is -3.83. The molecule has 0 fully saturated rings. The highest BCUT2D eigenvalue weighted by atomic mass is 35.5. The Morgan fingerprint density at radius 1 is 0.837 bits per heavy atom. The molecule has 0 aliphatic rings. The smallest absolute Gasteiger partial charge is 0.247 e. The van der Waals surface area contributed by atoms with E-state index >= 15 is 0 Å². The van der Waals surface area contributed by atoms with Gasteiger partial charge in [-0.05, 0) is 46.5 Å². The molecule has 0 radical (unpaired) electrons. The zero-order chi connectivity index (χ0) is 31.0. The molecule has 0 bridgehead atoms. The Morgan fingerprint density at radius 3 is 2.05 bits per heavy atom. The summed E-state index contributed by atoms with van der Waals surface area (Å²) in [5, 5.41) is 3.68. The highest BCUT2D eigenvalue weighted by Crippen LogP contribution is 2.26. The molecule has 1 atom stereocenters. The van der Waals surface area contributed by atoms with E-state index in [9.17, 15) is 22.4 Å². The van der Waals surface area contributed by atoms with Crippen molar-refractivity contribution in [1.82, 2.24) is 14.5 Å². The molecule has 11 heteroatoms. The molecule has 0 heterocycles. The predicted molar refractivity (Wildman–Crippen MR) is 166 cm³/mol. The Bertz CT molecular complexity index is 1660. The van der Waals surface area contributed by atoms with Crippen LogP contribution in [0.25, 0.3) is 0 Å². The van der Waals surface area contributed by atoms with Crippen molar-refractivity contribution in [3.05, 3.63) is 141 Å². The second-order valence-electron chi connectivity index (χ2n) is 9.93. The standard InChI is InChI=1S/C32H30Cl2FN3O4S/c1-43(41,42)37(20-23-8-4-2-5-9-23)22-30(39)38(21-24-12-16-28(35)17-13-24)31(25-10-6-3-7-11-25)32(40)36-19-26-14-15-27(33)18-29(26)34/h2-18,31H,19-22H2,1H3,(H,36,40)/t31-/m0/s1. The molecule has 0 saturated carbocycles. The van der Waals surface area contributed by atoms with E-state index in [0.717, 1.165) is 10.6 Å². The lowest BCUT2D eigenvalue weighted by Gasteiger charge is -2.33. The lowest BCUT2D eigenvalue weighted by atomic mass is 10.0. The maximum Gasteiger partial charge on any atom is 0.247 e. The van der Waals surface area contributed by atoms with Crippen LogP contribution in [0.5, 0.6) is 0 Å². The molecule has 224 valence electrons. The largest absolute Gasteiger partial charge is 0.350 e. The van der Waals surface area contributed by atoms with Crippen LogP contribution in [0.1, 0.15) is 28.3 Å². The summed E-state index contributed by atoms with van der Waals surface area (Å²) < 4.78 is 40.4.